The van der Waals surface area contributed by atoms with Crippen molar-refractivity contribution < 1.29 is 18.0 Å². The third kappa shape index (κ3) is 1.70. The van der Waals surface area contributed by atoms with Crippen LogP contribution in [0.2, 0.25) is 0 Å². The van der Waals surface area contributed by atoms with Crippen molar-refractivity contribution in [2.24, 2.45) is 0 Å². The first-order chi connectivity index (χ1) is 6.11. The van der Waals surface area contributed by atoms with E-state index in [-0.39, 0.29) is 11.2 Å². The van der Waals surface area contributed by atoms with E-state index >= 15 is 0 Å². The van der Waals surface area contributed by atoms with Crippen molar-refractivity contribution in [3.8, 4) is 0 Å². The average molecular weight is 206 g/mol. The number of carbonyl (C=O) groups excluding carboxylic acids is 1. The van der Waals surface area contributed by atoms with E-state index in [0.29, 0.717) is 0 Å². The maximum atomic E-state index is 12.9. The van der Waals surface area contributed by atoms with Crippen LogP contribution in [0.5, 0.6) is 0 Å². The lowest BCUT2D eigenvalue weighted by Gasteiger charge is -2.03. The maximum absolute atomic E-state index is 12.9. The molecule has 0 aromatic heterocycles. The van der Waals surface area contributed by atoms with Gasteiger partial charge in [-0.05, 0) is 12.3 Å². The van der Waals surface area contributed by atoms with Gasteiger partial charge in [-0.15, -0.1) is 11.8 Å². The van der Waals surface area contributed by atoms with Crippen molar-refractivity contribution in [1.29, 1.82) is 0 Å². The molecule has 0 atom stereocenters. The number of hydrogen-bond acceptors (Lipinski definition) is 2. The lowest BCUT2D eigenvalue weighted by molar-refractivity contribution is 0.111. The molecule has 1 rings (SSSR count). The molecule has 0 bridgehead atoms. The molecule has 1 nitrogen and oxygen atoms in total. The van der Waals surface area contributed by atoms with Crippen molar-refractivity contribution >= 4 is 18.0 Å². The quantitative estimate of drug-likeness (QED) is 0.420. The fourth-order valence-corrected chi connectivity index (χ4v) is 1.45. The Hall–Kier alpha value is -0.970. The molecule has 0 spiro atoms. The largest absolute Gasteiger partial charge is 0.298 e. The molecule has 5 heteroatoms. The topological polar surface area (TPSA) is 17.1 Å². The highest BCUT2D eigenvalue weighted by molar-refractivity contribution is 7.98. The predicted octanol–water partition coefficient (Wildman–Crippen LogP) is 2.64. The second-order valence-electron chi connectivity index (χ2n) is 2.22. The van der Waals surface area contributed by atoms with Gasteiger partial charge in [-0.3, -0.25) is 4.79 Å². The zero-order valence-electron chi connectivity index (χ0n) is 6.61. The van der Waals surface area contributed by atoms with Gasteiger partial charge in [-0.2, -0.15) is 0 Å². The predicted molar refractivity (Wildman–Crippen MR) is 43.5 cm³/mol. The Labute approximate surface area is 76.9 Å². The summed E-state index contributed by atoms with van der Waals surface area (Å²) in [5.74, 6) is -4.33. The van der Waals surface area contributed by atoms with E-state index in [1.807, 2.05) is 0 Å². The standard InChI is InChI=1S/C8H5F3OS/c1-13-6-2-5(9)8(11)7(10)4(6)3-12/h2-3H,1H3. The van der Waals surface area contributed by atoms with E-state index < -0.39 is 23.0 Å². The highest BCUT2D eigenvalue weighted by atomic mass is 32.2. The van der Waals surface area contributed by atoms with Crippen LogP contribution >= 0.6 is 11.8 Å². The van der Waals surface area contributed by atoms with Crippen LogP contribution in [0.3, 0.4) is 0 Å². The van der Waals surface area contributed by atoms with Crippen LogP contribution in [0, 0.1) is 17.5 Å². The molecular formula is C8H5F3OS. The Morgan fingerprint density at radius 1 is 1.31 bits per heavy atom. The highest BCUT2D eigenvalue weighted by Gasteiger charge is 2.17. The molecule has 0 saturated heterocycles. The maximum Gasteiger partial charge on any atom is 0.195 e. The van der Waals surface area contributed by atoms with Crippen LogP contribution in [0.25, 0.3) is 0 Å². The number of thioether (sulfide) groups is 1. The van der Waals surface area contributed by atoms with E-state index in [1.165, 1.54) is 0 Å². The van der Waals surface area contributed by atoms with Crippen LogP contribution in [0.1, 0.15) is 10.4 Å². The van der Waals surface area contributed by atoms with Gasteiger partial charge in [0.2, 0.25) is 0 Å². The Bertz CT molecular complexity index is 352. The molecule has 0 N–H and O–H groups in total. The summed E-state index contributed by atoms with van der Waals surface area (Å²) in [4.78, 5) is 10.4. The molecule has 0 fully saturated rings. The van der Waals surface area contributed by atoms with Crippen LogP contribution in [0.4, 0.5) is 13.2 Å². The first-order valence-electron chi connectivity index (χ1n) is 3.28. The van der Waals surface area contributed by atoms with Gasteiger partial charge >= 0.3 is 0 Å². The van der Waals surface area contributed by atoms with Crippen LogP contribution in [-0.2, 0) is 0 Å². The van der Waals surface area contributed by atoms with Gasteiger partial charge in [0.25, 0.3) is 0 Å². The lowest BCUT2D eigenvalue weighted by atomic mass is 10.2. The van der Waals surface area contributed by atoms with Crippen molar-refractivity contribution in [1.82, 2.24) is 0 Å². The van der Waals surface area contributed by atoms with Gasteiger partial charge in [-0.1, -0.05) is 0 Å². The summed E-state index contributed by atoms with van der Waals surface area (Å²) >= 11 is 0.979. The summed E-state index contributed by atoms with van der Waals surface area (Å²) < 4.78 is 38.0. The van der Waals surface area contributed by atoms with Gasteiger partial charge in [0.15, 0.2) is 23.7 Å². The molecular weight excluding hydrogens is 201 g/mol. The summed E-state index contributed by atoms with van der Waals surface area (Å²) in [5.41, 5.74) is -0.439. The van der Waals surface area contributed by atoms with Crippen LogP contribution in [0.15, 0.2) is 11.0 Å². The normalized spacial score (nSPS) is 10.2. The number of benzene rings is 1. The molecule has 0 aliphatic rings. The molecule has 0 amide bonds. The zero-order chi connectivity index (χ0) is 10.0. The summed E-state index contributed by atoms with van der Waals surface area (Å²) in [6.07, 6.45) is 1.71. The molecule has 13 heavy (non-hydrogen) atoms. The van der Waals surface area contributed by atoms with E-state index in [0.717, 1.165) is 17.8 Å². The van der Waals surface area contributed by atoms with Crippen molar-refractivity contribution in [3.05, 3.63) is 29.1 Å². The number of halogens is 3. The van der Waals surface area contributed by atoms with Gasteiger partial charge < -0.3 is 0 Å². The smallest absolute Gasteiger partial charge is 0.195 e. The second-order valence-corrected chi connectivity index (χ2v) is 3.07. The van der Waals surface area contributed by atoms with Gasteiger partial charge in [0.05, 0.1) is 5.56 Å². The Morgan fingerprint density at radius 3 is 2.38 bits per heavy atom. The number of rotatable bonds is 2. The summed E-state index contributed by atoms with van der Waals surface area (Å²) in [7, 11) is 0. The van der Waals surface area contributed by atoms with Gasteiger partial charge in [0, 0.05) is 4.90 Å². The molecule has 0 aliphatic carbocycles. The molecule has 0 saturated carbocycles. The van der Waals surface area contributed by atoms with Crippen LogP contribution < -0.4 is 0 Å². The van der Waals surface area contributed by atoms with Gasteiger partial charge in [0.1, 0.15) is 0 Å². The SMILES string of the molecule is CSc1cc(F)c(F)c(F)c1C=O. The highest BCUT2D eigenvalue weighted by Crippen LogP contribution is 2.25. The summed E-state index contributed by atoms with van der Waals surface area (Å²) in [5, 5.41) is 0. The molecule has 0 heterocycles. The first kappa shape index (κ1) is 10.1. The molecule has 1 aromatic carbocycles. The number of aldehydes is 1. The third-order valence-electron chi connectivity index (χ3n) is 1.50. The second kappa shape index (κ2) is 3.83. The molecule has 0 aliphatic heterocycles. The Balaban J connectivity index is 3.47. The number of hydrogen-bond donors (Lipinski definition) is 0. The fraction of sp³-hybridized carbons (Fsp3) is 0.125. The lowest BCUT2D eigenvalue weighted by Crippen LogP contribution is -1.99. The summed E-state index contributed by atoms with van der Waals surface area (Å²) in [6.45, 7) is 0. The monoisotopic (exact) mass is 206 g/mol. The molecule has 0 radical (unpaired) electrons. The van der Waals surface area contributed by atoms with E-state index in [2.05, 4.69) is 0 Å². The van der Waals surface area contributed by atoms with Crippen LogP contribution in [-0.4, -0.2) is 12.5 Å². The number of carbonyl (C=O) groups is 1. The molecule has 0 unspecified atom stereocenters. The van der Waals surface area contributed by atoms with E-state index in [4.69, 9.17) is 0 Å². The molecule has 70 valence electrons. The minimum Gasteiger partial charge on any atom is -0.298 e. The van der Waals surface area contributed by atoms with Crippen molar-refractivity contribution in [2.75, 3.05) is 6.26 Å². The van der Waals surface area contributed by atoms with Crippen molar-refractivity contribution in [2.45, 2.75) is 4.90 Å². The van der Waals surface area contributed by atoms with E-state index in [1.54, 1.807) is 6.26 Å². The minimum atomic E-state index is -1.61. The van der Waals surface area contributed by atoms with E-state index in [9.17, 15) is 18.0 Å². The summed E-state index contributed by atoms with van der Waals surface area (Å²) in [6, 6.07) is 0.798. The average Bonchev–Trinajstić information content (AvgIpc) is 2.13. The Morgan fingerprint density at radius 2 is 1.92 bits per heavy atom. The van der Waals surface area contributed by atoms with Gasteiger partial charge in [-0.25, -0.2) is 13.2 Å². The third-order valence-corrected chi connectivity index (χ3v) is 2.28. The molecule has 1 aromatic rings. The zero-order valence-corrected chi connectivity index (χ0v) is 7.42. The minimum absolute atomic E-state index is 0.0893. The Kier molecular flexibility index (Phi) is 2.98. The fourth-order valence-electron chi connectivity index (χ4n) is 0.866. The van der Waals surface area contributed by atoms with Crippen molar-refractivity contribution in [3.63, 3.8) is 0 Å². The first-order valence-corrected chi connectivity index (χ1v) is 4.51.